The van der Waals surface area contributed by atoms with E-state index in [-0.39, 0.29) is 11.7 Å². The van der Waals surface area contributed by atoms with Crippen LogP contribution in [0.25, 0.3) is 0 Å². The molecule has 4 N–H and O–H groups in total. The number of aliphatic hydroxyl groups is 3. The van der Waals surface area contributed by atoms with Crippen LogP contribution in [0.1, 0.15) is 20.8 Å². The van der Waals surface area contributed by atoms with Gasteiger partial charge in [-0.2, -0.15) is 0 Å². The highest BCUT2D eigenvalue weighted by Crippen LogP contribution is 2.15. The van der Waals surface area contributed by atoms with Crippen molar-refractivity contribution in [2.75, 3.05) is 0 Å². The van der Waals surface area contributed by atoms with Gasteiger partial charge in [-0.1, -0.05) is 26.8 Å². The zero-order chi connectivity index (χ0) is 15.0. The molecule has 0 aromatic heterocycles. The Kier molecular flexibility index (Phi) is 7.48. The number of allylic oxidation sites excluding steroid dienone is 4. The molecule has 1 aliphatic carbocycles. The molecule has 1 atom stereocenters. The molecule has 106 valence electrons. The highest BCUT2D eigenvalue weighted by Gasteiger charge is 2.14. The molecule has 1 rings (SSSR count). The molecule has 1 aliphatic rings. The lowest BCUT2D eigenvalue weighted by Gasteiger charge is -2.13. The Hall–Kier alpha value is -1.85. The van der Waals surface area contributed by atoms with E-state index in [2.05, 4.69) is 11.9 Å². The Labute approximate surface area is 113 Å². The molecule has 0 spiro atoms. The van der Waals surface area contributed by atoms with E-state index in [1.807, 2.05) is 13.8 Å². The third-order valence-electron chi connectivity index (χ3n) is 2.21. The number of hydrogen-bond acceptors (Lipinski definition) is 5. The summed E-state index contributed by atoms with van der Waals surface area (Å²) in [5.74, 6) is -1.06. The Morgan fingerprint density at radius 2 is 1.95 bits per heavy atom. The summed E-state index contributed by atoms with van der Waals surface area (Å²) in [5.41, 5.74) is 0.802. The van der Waals surface area contributed by atoms with Crippen molar-refractivity contribution in [1.82, 2.24) is 5.32 Å². The molecule has 0 heterocycles. The van der Waals surface area contributed by atoms with E-state index < -0.39 is 12.2 Å². The number of ketones is 1. The van der Waals surface area contributed by atoms with Crippen molar-refractivity contribution in [2.45, 2.75) is 27.1 Å². The van der Waals surface area contributed by atoms with Crippen molar-refractivity contribution in [3.05, 3.63) is 48.0 Å². The minimum absolute atomic E-state index is 0.250. The van der Waals surface area contributed by atoms with E-state index in [4.69, 9.17) is 15.3 Å². The summed E-state index contributed by atoms with van der Waals surface area (Å²) in [6.07, 6.45) is 4.40. The van der Waals surface area contributed by atoms with Crippen molar-refractivity contribution >= 4 is 5.78 Å². The van der Waals surface area contributed by atoms with Crippen LogP contribution < -0.4 is 5.32 Å². The molecule has 0 saturated carbocycles. The standard InChI is InChI=1S/C12H15NO4.C2H6/c1-7(12(16)17)5-9-3-4-10(6-11(9)15)13-8(2)14;1-2/h3-7,12-14,16-17H,2H2,1H3;1-2H3/b9-5+;. The lowest BCUT2D eigenvalue weighted by atomic mass is 9.99. The molecule has 0 aliphatic heterocycles. The van der Waals surface area contributed by atoms with Gasteiger partial charge in [-0.25, -0.2) is 0 Å². The van der Waals surface area contributed by atoms with Gasteiger partial charge < -0.3 is 20.6 Å². The predicted octanol–water partition coefficient (Wildman–Crippen LogP) is 1.53. The number of rotatable bonds is 4. The van der Waals surface area contributed by atoms with E-state index in [0.29, 0.717) is 11.3 Å². The third-order valence-corrected chi connectivity index (χ3v) is 2.21. The maximum atomic E-state index is 11.6. The monoisotopic (exact) mass is 267 g/mol. The van der Waals surface area contributed by atoms with Crippen molar-refractivity contribution in [3.63, 3.8) is 0 Å². The molecule has 0 aromatic rings. The highest BCUT2D eigenvalue weighted by molar-refractivity contribution is 6.08. The number of carbonyl (C=O) groups is 1. The Morgan fingerprint density at radius 3 is 2.37 bits per heavy atom. The number of nitrogens with one attached hydrogen (secondary N) is 1. The molecule has 0 amide bonds. The summed E-state index contributed by atoms with van der Waals surface area (Å²) in [4.78, 5) is 11.6. The van der Waals surface area contributed by atoms with Crippen LogP contribution in [0.2, 0.25) is 0 Å². The fourth-order valence-corrected chi connectivity index (χ4v) is 1.29. The number of aliphatic hydroxyl groups excluding tert-OH is 2. The Balaban J connectivity index is 0.00000154. The quantitative estimate of drug-likeness (QED) is 0.352. The molecule has 0 bridgehead atoms. The summed E-state index contributed by atoms with van der Waals surface area (Å²) >= 11 is 0. The molecule has 5 nitrogen and oxygen atoms in total. The van der Waals surface area contributed by atoms with Crippen molar-refractivity contribution < 1.29 is 20.1 Å². The predicted molar refractivity (Wildman–Crippen MR) is 74.0 cm³/mol. The summed E-state index contributed by atoms with van der Waals surface area (Å²) < 4.78 is 0. The molecule has 0 fully saturated rings. The second-order valence-electron chi connectivity index (χ2n) is 3.76. The molecule has 1 unspecified atom stereocenters. The molecule has 0 aromatic carbocycles. The first-order valence-corrected chi connectivity index (χ1v) is 6.07. The first-order valence-electron chi connectivity index (χ1n) is 6.07. The van der Waals surface area contributed by atoms with E-state index >= 15 is 0 Å². The fraction of sp³-hybridized carbons (Fsp3) is 0.357. The van der Waals surface area contributed by atoms with E-state index in [1.54, 1.807) is 13.0 Å². The van der Waals surface area contributed by atoms with Crippen molar-refractivity contribution in [3.8, 4) is 0 Å². The summed E-state index contributed by atoms with van der Waals surface area (Å²) in [6, 6.07) is 0. The molecule has 0 radical (unpaired) electrons. The zero-order valence-electron chi connectivity index (χ0n) is 11.4. The average Bonchev–Trinajstić information content (AvgIpc) is 2.34. The van der Waals surface area contributed by atoms with Crippen LogP contribution in [0.3, 0.4) is 0 Å². The van der Waals surface area contributed by atoms with Crippen LogP contribution in [0, 0.1) is 5.92 Å². The number of carbonyl (C=O) groups excluding carboxylic acids is 1. The van der Waals surface area contributed by atoms with Gasteiger partial charge in [0.1, 0.15) is 0 Å². The third kappa shape index (κ3) is 6.03. The Bertz CT molecular complexity index is 419. The van der Waals surface area contributed by atoms with E-state index in [9.17, 15) is 4.79 Å². The van der Waals surface area contributed by atoms with Crippen LogP contribution >= 0.6 is 0 Å². The van der Waals surface area contributed by atoms with E-state index in [0.717, 1.165) is 0 Å². The molecule has 5 heteroatoms. The van der Waals surface area contributed by atoms with Crippen LogP contribution in [0.5, 0.6) is 0 Å². The van der Waals surface area contributed by atoms with Crippen molar-refractivity contribution in [1.29, 1.82) is 0 Å². The van der Waals surface area contributed by atoms with Gasteiger partial charge in [0.05, 0.1) is 0 Å². The van der Waals surface area contributed by atoms with Crippen LogP contribution in [-0.2, 0) is 4.79 Å². The molecule has 0 saturated heterocycles. The summed E-state index contributed by atoms with van der Waals surface area (Å²) in [5, 5.41) is 29.2. The van der Waals surface area contributed by atoms with Gasteiger partial charge in [-0.3, -0.25) is 4.79 Å². The smallest absolute Gasteiger partial charge is 0.187 e. The summed E-state index contributed by atoms with van der Waals surface area (Å²) in [6.45, 7) is 8.83. The van der Waals surface area contributed by atoms with Gasteiger partial charge >= 0.3 is 0 Å². The van der Waals surface area contributed by atoms with Crippen LogP contribution in [0.15, 0.2) is 48.0 Å². The fourth-order valence-electron chi connectivity index (χ4n) is 1.29. The average molecular weight is 267 g/mol. The normalized spacial score (nSPS) is 17.7. The van der Waals surface area contributed by atoms with Crippen LogP contribution in [0.4, 0.5) is 0 Å². The first-order chi connectivity index (χ1) is 8.90. The molecular formula is C14H21NO4. The van der Waals surface area contributed by atoms with Gasteiger partial charge in [0.25, 0.3) is 0 Å². The molecule has 19 heavy (non-hydrogen) atoms. The molecular weight excluding hydrogens is 246 g/mol. The first kappa shape index (κ1) is 17.2. The highest BCUT2D eigenvalue weighted by atomic mass is 16.5. The summed E-state index contributed by atoms with van der Waals surface area (Å²) in [7, 11) is 0. The second-order valence-corrected chi connectivity index (χ2v) is 3.76. The lowest BCUT2D eigenvalue weighted by Crippen LogP contribution is -2.18. The largest absolute Gasteiger partial charge is 0.495 e. The zero-order valence-corrected chi connectivity index (χ0v) is 11.4. The van der Waals surface area contributed by atoms with Gasteiger partial charge in [0, 0.05) is 23.3 Å². The maximum Gasteiger partial charge on any atom is 0.187 e. The SMILES string of the molecule is C=C(O)NC1=CC(=O)/C(=C/C(C)C(O)O)C=C1.CC. The van der Waals surface area contributed by atoms with Crippen molar-refractivity contribution in [2.24, 2.45) is 5.92 Å². The van der Waals surface area contributed by atoms with Gasteiger partial charge in [0.15, 0.2) is 18.0 Å². The lowest BCUT2D eigenvalue weighted by molar-refractivity contribution is -0.111. The van der Waals surface area contributed by atoms with Crippen LogP contribution in [-0.4, -0.2) is 27.4 Å². The van der Waals surface area contributed by atoms with E-state index in [1.165, 1.54) is 18.2 Å². The maximum absolute atomic E-state index is 11.6. The minimum Gasteiger partial charge on any atom is -0.495 e. The van der Waals surface area contributed by atoms with Gasteiger partial charge in [-0.05, 0) is 18.7 Å². The minimum atomic E-state index is -1.50. The van der Waals surface area contributed by atoms with Gasteiger partial charge in [0.2, 0.25) is 0 Å². The second kappa shape index (κ2) is 8.29. The van der Waals surface area contributed by atoms with Gasteiger partial charge in [-0.15, -0.1) is 0 Å². The Morgan fingerprint density at radius 1 is 1.37 bits per heavy atom. The topological polar surface area (TPSA) is 89.8 Å². The number of hydrogen-bond donors (Lipinski definition) is 4.